The van der Waals surface area contributed by atoms with Crippen LogP contribution in [-0.4, -0.2) is 14.5 Å². The average Bonchev–Trinajstić information content (AvgIpc) is 1.96. The van der Waals surface area contributed by atoms with Gasteiger partial charge in [0.15, 0.2) is 0 Å². The molecule has 1 atom stereocenters. The minimum atomic E-state index is -3.87. The van der Waals surface area contributed by atoms with Crippen LogP contribution < -0.4 is 5.14 Å². The molecular formula is C9H17NO3S. The van der Waals surface area contributed by atoms with Crippen molar-refractivity contribution < 1.29 is 12.6 Å². The number of hydrogen-bond donors (Lipinski definition) is 1. The Morgan fingerprint density at radius 3 is 2.50 bits per heavy atom. The maximum atomic E-state index is 10.7. The molecule has 0 heterocycles. The minimum absolute atomic E-state index is 0.347. The molecule has 0 aliphatic heterocycles. The van der Waals surface area contributed by atoms with E-state index in [0.717, 1.165) is 0 Å². The molecule has 0 aliphatic rings. The van der Waals surface area contributed by atoms with Crippen molar-refractivity contribution in [3.8, 4) is 0 Å². The van der Waals surface area contributed by atoms with Gasteiger partial charge in [0, 0.05) is 6.42 Å². The smallest absolute Gasteiger partial charge is 0.255 e. The molecular weight excluding hydrogens is 202 g/mol. The summed E-state index contributed by atoms with van der Waals surface area (Å²) in [6, 6.07) is 0. The van der Waals surface area contributed by atoms with E-state index in [1.807, 2.05) is 13.8 Å². The Labute approximate surface area is 85.7 Å². The molecule has 4 nitrogen and oxygen atoms in total. The van der Waals surface area contributed by atoms with Crippen molar-refractivity contribution in [1.82, 2.24) is 0 Å². The zero-order valence-corrected chi connectivity index (χ0v) is 9.38. The SMILES string of the molecule is C=C=CCC(CC(C)C)OS(N)(=O)=O. The van der Waals surface area contributed by atoms with Gasteiger partial charge in [0.2, 0.25) is 0 Å². The van der Waals surface area contributed by atoms with E-state index in [2.05, 4.69) is 12.3 Å². The third-order valence-electron chi connectivity index (χ3n) is 1.53. The maximum Gasteiger partial charge on any atom is 0.333 e. The molecule has 0 aromatic carbocycles. The van der Waals surface area contributed by atoms with E-state index in [-0.39, 0.29) is 0 Å². The van der Waals surface area contributed by atoms with E-state index in [1.54, 1.807) is 6.08 Å². The topological polar surface area (TPSA) is 69.4 Å². The highest BCUT2D eigenvalue weighted by Gasteiger charge is 2.15. The van der Waals surface area contributed by atoms with Gasteiger partial charge in [-0.2, -0.15) is 8.42 Å². The summed E-state index contributed by atoms with van der Waals surface area (Å²) >= 11 is 0. The van der Waals surface area contributed by atoms with E-state index < -0.39 is 16.4 Å². The van der Waals surface area contributed by atoms with Crippen LogP contribution in [-0.2, 0) is 14.5 Å². The molecule has 14 heavy (non-hydrogen) atoms. The van der Waals surface area contributed by atoms with Crippen molar-refractivity contribution in [1.29, 1.82) is 0 Å². The third-order valence-corrected chi connectivity index (χ3v) is 2.07. The zero-order chi connectivity index (χ0) is 11.2. The standard InChI is InChI=1S/C9H17NO3S/c1-4-5-6-9(7-8(2)3)13-14(10,11)12/h5,8-9H,1,6-7H2,2-3H3,(H2,10,11,12). The molecule has 2 N–H and O–H groups in total. The first-order valence-corrected chi connectivity index (χ1v) is 5.87. The number of nitrogens with two attached hydrogens (primary N) is 1. The summed E-state index contributed by atoms with van der Waals surface area (Å²) in [5.74, 6) is 0.347. The Bertz CT molecular complexity index is 302. The van der Waals surface area contributed by atoms with Crippen molar-refractivity contribution in [3.05, 3.63) is 18.4 Å². The second kappa shape index (κ2) is 5.98. The molecule has 0 radical (unpaired) electrons. The molecule has 0 aromatic heterocycles. The quantitative estimate of drug-likeness (QED) is 0.685. The van der Waals surface area contributed by atoms with Crippen LogP contribution in [0.3, 0.4) is 0 Å². The van der Waals surface area contributed by atoms with Crippen molar-refractivity contribution in [3.63, 3.8) is 0 Å². The van der Waals surface area contributed by atoms with Crippen LogP contribution in [0, 0.1) is 5.92 Å². The highest BCUT2D eigenvalue weighted by Crippen LogP contribution is 2.13. The molecule has 0 saturated heterocycles. The van der Waals surface area contributed by atoms with Crippen LogP contribution in [0.2, 0.25) is 0 Å². The normalized spacial score (nSPS) is 13.7. The third kappa shape index (κ3) is 8.01. The van der Waals surface area contributed by atoms with Gasteiger partial charge >= 0.3 is 10.3 Å². The lowest BCUT2D eigenvalue weighted by molar-refractivity contribution is 0.185. The maximum absolute atomic E-state index is 10.7. The van der Waals surface area contributed by atoms with Gasteiger partial charge in [-0.25, -0.2) is 5.14 Å². The monoisotopic (exact) mass is 219 g/mol. The fourth-order valence-corrected chi connectivity index (χ4v) is 1.64. The highest BCUT2D eigenvalue weighted by molar-refractivity contribution is 7.84. The van der Waals surface area contributed by atoms with Crippen molar-refractivity contribution in [2.24, 2.45) is 11.1 Å². The van der Waals surface area contributed by atoms with Crippen LogP contribution in [0.4, 0.5) is 0 Å². The highest BCUT2D eigenvalue weighted by atomic mass is 32.2. The average molecular weight is 219 g/mol. The number of hydrogen-bond acceptors (Lipinski definition) is 3. The van der Waals surface area contributed by atoms with Crippen LogP contribution in [0.15, 0.2) is 18.4 Å². The second-order valence-corrected chi connectivity index (χ2v) is 4.66. The number of rotatable bonds is 6. The lowest BCUT2D eigenvalue weighted by Crippen LogP contribution is -2.25. The summed E-state index contributed by atoms with van der Waals surface area (Å²) in [6.45, 7) is 7.36. The Morgan fingerprint density at radius 2 is 2.14 bits per heavy atom. The van der Waals surface area contributed by atoms with Crippen LogP contribution in [0.25, 0.3) is 0 Å². The van der Waals surface area contributed by atoms with Crippen molar-refractivity contribution in [2.45, 2.75) is 32.8 Å². The summed E-state index contributed by atoms with van der Waals surface area (Å²) in [4.78, 5) is 0. The van der Waals surface area contributed by atoms with Crippen LogP contribution >= 0.6 is 0 Å². The molecule has 0 rings (SSSR count). The first-order valence-electron chi connectivity index (χ1n) is 4.40. The van der Waals surface area contributed by atoms with Gasteiger partial charge in [0.1, 0.15) is 0 Å². The predicted molar refractivity (Wildman–Crippen MR) is 55.8 cm³/mol. The summed E-state index contributed by atoms with van der Waals surface area (Å²) in [5, 5.41) is 4.78. The summed E-state index contributed by atoms with van der Waals surface area (Å²) in [7, 11) is -3.87. The van der Waals surface area contributed by atoms with E-state index in [1.165, 1.54) is 0 Å². The molecule has 0 saturated carbocycles. The first-order chi connectivity index (χ1) is 6.35. The Hall–Kier alpha value is -0.610. The van der Waals surface area contributed by atoms with Gasteiger partial charge in [-0.05, 0) is 18.4 Å². The molecule has 0 spiro atoms. The minimum Gasteiger partial charge on any atom is -0.255 e. The van der Waals surface area contributed by atoms with Gasteiger partial charge in [0.05, 0.1) is 6.10 Å². The molecule has 5 heteroatoms. The zero-order valence-electron chi connectivity index (χ0n) is 8.56. The fraction of sp³-hybridized carbons (Fsp3) is 0.667. The Kier molecular flexibility index (Phi) is 5.72. The molecule has 0 aliphatic carbocycles. The molecule has 0 bridgehead atoms. The molecule has 0 aromatic rings. The van der Waals surface area contributed by atoms with Gasteiger partial charge < -0.3 is 0 Å². The molecule has 0 fully saturated rings. The lowest BCUT2D eigenvalue weighted by Gasteiger charge is -2.15. The molecule has 0 amide bonds. The Balaban J connectivity index is 4.31. The van der Waals surface area contributed by atoms with Crippen molar-refractivity contribution >= 4 is 10.3 Å². The molecule has 82 valence electrons. The van der Waals surface area contributed by atoms with E-state index >= 15 is 0 Å². The molecule has 1 unspecified atom stereocenters. The Morgan fingerprint density at radius 1 is 1.57 bits per heavy atom. The largest absolute Gasteiger partial charge is 0.333 e. The van der Waals surface area contributed by atoms with E-state index in [4.69, 9.17) is 9.32 Å². The fourth-order valence-electron chi connectivity index (χ4n) is 1.11. The van der Waals surface area contributed by atoms with Gasteiger partial charge in [-0.3, -0.25) is 4.18 Å². The van der Waals surface area contributed by atoms with Crippen molar-refractivity contribution in [2.75, 3.05) is 0 Å². The predicted octanol–water partition coefficient (Wildman–Crippen LogP) is 1.35. The van der Waals surface area contributed by atoms with Gasteiger partial charge in [0.25, 0.3) is 0 Å². The summed E-state index contributed by atoms with van der Waals surface area (Å²) in [5.41, 5.74) is 2.57. The second-order valence-electron chi connectivity index (χ2n) is 3.48. The lowest BCUT2D eigenvalue weighted by atomic mass is 10.0. The van der Waals surface area contributed by atoms with Gasteiger partial charge in [-0.1, -0.05) is 20.4 Å². The summed E-state index contributed by atoms with van der Waals surface area (Å²) < 4.78 is 26.1. The first kappa shape index (κ1) is 13.4. The summed E-state index contributed by atoms with van der Waals surface area (Å²) in [6.07, 6.45) is 2.31. The van der Waals surface area contributed by atoms with Crippen LogP contribution in [0.5, 0.6) is 0 Å². The van der Waals surface area contributed by atoms with Gasteiger partial charge in [-0.15, -0.1) is 5.73 Å². The van der Waals surface area contributed by atoms with E-state index in [9.17, 15) is 8.42 Å². The van der Waals surface area contributed by atoms with Crippen LogP contribution in [0.1, 0.15) is 26.7 Å². The van der Waals surface area contributed by atoms with E-state index in [0.29, 0.717) is 18.8 Å².